The summed E-state index contributed by atoms with van der Waals surface area (Å²) in [5.41, 5.74) is 9.25. The van der Waals surface area contributed by atoms with Gasteiger partial charge in [-0.2, -0.15) is 0 Å². The van der Waals surface area contributed by atoms with Gasteiger partial charge in [0.2, 0.25) is 0 Å². The van der Waals surface area contributed by atoms with Gasteiger partial charge in [-0.05, 0) is 66.9 Å². The highest BCUT2D eigenvalue weighted by Crippen LogP contribution is 2.49. The Hall–Kier alpha value is -0.820. The third-order valence-corrected chi connectivity index (χ3v) is 5.63. The van der Waals surface area contributed by atoms with Gasteiger partial charge in [0, 0.05) is 6.04 Å². The van der Waals surface area contributed by atoms with E-state index in [0.717, 1.165) is 24.2 Å². The summed E-state index contributed by atoms with van der Waals surface area (Å²) in [5, 5.41) is 0. The van der Waals surface area contributed by atoms with Gasteiger partial charge in [0.25, 0.3) is 0 Å². The molecule has 20 heavy (non-hydrogen) atoms. The second-order valence-corrected chi connectivity index (χ2v) is 7.53. The second-order valence-electron chi connectivity index (χ2n) is 7.53. The first-order valence-electron chi connectivity index (χ1n) is 8.46. The molecule has 1 aromatic rings. The SMILES string of the molecule is CC(C)c1ccc(CC(N)CC2CC3CCC2C3)cc1. The minimum atomic E-state index is 0.351. The molecule has 4 atom stereocenters. The summed E-state index contributed by atoms with van der Waals surface area (Å²) in [5.74, 6) is 3.60. The number of fused-ring (bicyclic) bond motifs is 2. The molecular weight excluding hydrogens is 242 g/mol. The van der Waals surface area contributed by atoms with Crippen LogP contribution in [0, 0.1) is 17.8 Å². The fourth-order valence-electron chi connectivity index (χ4n) is 4.48. The van der Waals surface area contributed by atoms with Gasteiger partial charge in [-0.25, -0.2) is 0 Å². The van der Waals surface area contributed by atoms with Gasteiger partial charge in [0.1, 0.15) is 0 Å². The van der Waals surface area contributed by atoms with Crippen molar-refractivity contribution in [1.82, 2.24) is 0 Å². The molecule has 0 heterocycles. The second kappa shape index (κ2) is 5.89. The molecule has 1 aromatic carbocycles. The highest BCUT2D eigenvalue weighted by atomic mass is 14.6. The average molecular weight is 271 g/mol. The maximum absolute atomic E-state index is 6.42. The molecule has 2 fully saturated rings. The van der Waals surface area contributed by atoms with Crippen LogP contribution in [0.25, 0.3) is 0 Å². The van der Waals surface area contributed by atoms with Gasteiger partial charge in [0.05, 0.1) is 0 Å². The summed E-state index contributed by atoms with van der Waals surface area (Å²) in [7, 11) is 0. The van der Waals surface area contributed by atoms with Gasteiger partial charge >= 0.3 is 0 Å². The molecule has 0 aliphatic heterocycles. The van der Waals surface area contributed by atoms with Crippen molar-refractivity contribution in [2.75, 3.05) is 0 Å². The largest absolute Gasteiger partial charge is 0.327 e. The van der Waals surface area contributed by atoms with Crippen LogP contribution in [0.3, 0.4) is 0 Å². The monoisotopic (exact) mass is 271 g/mol. The molecule has 2 saturated carbocycles. The number of hydrogen-bond donors (Lipinski definition) is 1. The fraction of sp³-hybridized carbons (Fsp3) is 0.684. The smallest absolute Gasteiger partial charge is 0.00820 e. The zero-order valence-corrected chi connectivity index (χ0v) is 13.0. The summed E-state index contributed by atoms with van der Waals surface area (Å²) in [6.45, 7) is 4.49. The molecule has 4 unspecified atom stereocenters. The first-order chi connectivity index (χ1) is 9.61. The van der Waals surface area contributed by atoms with Crippen LogP contribution in [0.15, 0.2) is 24.3 Å². The highest BCUT2D eigenvalue weighted by Gasteiger charge is 2.39. The van der Waals surface area contributed by atoms with Crippen LogP contribution in [0.5, 0.6) is 0 Å². The normalized spacial score (nSPS) is 30.1. The molecule has 1 heteroatoms. The van der Waals surface area contributed by atoms with Crippen molar-refractivity contribution >= 4 is 0 Å². The van der Waals surface area contributed by atoms with Crippen molar-refractivity contribution in [3.05, 3.63) is 35.4 Å². The average Bonchev–Trinajstić information content (AvgIpc) is 3.01. The van der Waals surface area contributed by atoms with Crippen LogP contribution in [-0.2, 0) is 6.42 Å². The summed E-state index contributed by atoms with van der Waals surface area (Å²) < 4.78 is 0. The Morgan fingerprint density at radius 1 is 1.10 bits per heavy atom. The summed E-state index contributed by atoms with van der Waals surface area (Å²) in [6, 6.07) is 9.43. The molecular formula is C19H29N. The molecule has 3 rings (SSSR count). The van der Waals surface area contributed by atoms with E-state index in [-0.39, 0.29) is 0 Å². The molecule has 0 saturated heterocycles. The van der Waals surface area contributed by atoms with Crippen molar-refractivity contribution < 1.29 is 0 Å². The van der Waals surface area contributed by atoms with Crippen molar-refractivity contribution in [2.24, 2.45) is 23.5 Å². The quantitative estimate of drug-likeness (QED) is 0.838. The van der Waals surface area contributed by atoms with Crippen molar-refractivity contribution in [2.45, 2.75) is 64.3 Å². The lowest BCUT2D eigenvalue weighted by Gasteiger charge is -2.24. The maximum atomic E-state index is 6.42. The van der Waals surface area contributed by atoms with Crippen molar-refractivity contribution in [1.29, 1.82) is 0 Å². The molecule has 2 aliphatic rings. The van der Waals surface area contributed by atoms with Crippen molar-refractivity contribution in [3.63, 3.8) is 0 Å². The number of rotatable bonds is 5. The summed E-state index contributed by atoms with van der Waals surface area (Å²) >= 11 is 0. The molecule has 0 amide bonds. The Balaban J connectivity index is 1.52. The lowest BCUT2D eigenvalue weighted by atomic mass is 9.83. The standard InChI is InChI=1S/C19H29N/c1-13(2)16-6-3-14(4-7-16)11-19(20)12-18-10-15-5-8-17(18)9-15/h3-4,6-7,13,15,17-19H,5,8-12,20H2,1-2H3. The summed E-state index contributed by atoms with van der Waals surface area (Å²) in [6.07, 6.45) is 8.22. The molecule has 0 spiro atoms. The summed E-state index contributed by atoms with van der Waals surface area (Å²) in [4.78, 5) is 0. The lowest BCUT2D eigenvalue weighted by Crippen LogP contribution is -2.28. The van der Waals surface area contributed by atoms with Crippen LogP contribution in [-0.4, -0.2) is 6.04 Å². The molecule has 110 valence electrons. The Morgan fingerprint density at radius 2 is 1.85 bits per heavy atom. The van der Waals surface area contributed by atoms with Crippen LogP contribution < -0.4 is 5.73 Å². The van der Waals surface area contributed by atoms with Gasteiger partial charge in [-0.1, -0.05) is 44.5 Å². The van der Waals surface area contributed by atoms with E-state index in [9.17, 15) is 0 Å². The van der Waals surface area contributed by atoms with E-state index >= 15 is 0 Å². The van der Waals surface area contributed by atoms with E-state index < -0.39 is 0 Å². The van der Waals surface area contributed by atoms with Crippen LogP contribution in [0.1, 0.15) is 63.0 Å². The molecule has 2 N–H and O–H groups in total. The van der Waals surface area contributed by atoms with E-state index in [1.165, 1.54) is 43.2 Å². The van der Waals surface area contributed by atoms with Gasteiger partial charge in [-0.15, -0.1) is 0 Å². The minimum Gasteiger partial charge on any atom is -0.327 e. The number of hydrogen-bond acceptors (Lipinski definition) is 1. The fourth-order valence-corrected chi connectivity index (χ4v) is 4.48. The third kappa shape index (κ3) is 3.09. The maximum Gasteiger partial charge on any atom is 0.00820 e. The van der Waals surface area contributed by atoms with Crippen molar-refractivity contribution in [3.8, 4) is 0 Å². The Bertz CT molecular complexity index is 434. The van der Waals surface area contributed by atoms with Gasteiger partial charge in [-0.3, -0.25) is 0 Å². The van der Waals surface area contributed by atoms with Crippen LogP contribution in [0.4, 0.5) is 0 Å². The zero-order chi connectivity index (χ0) is 14.1. The van der Waals surface area contributed by atoms with E-state index in [1.807, 2.05) is 0 Å². The number of nitrogens with two attached hydrogens (primary N) is 1. The molecule has 0 radical (unpaired) electrons. The zero-order valence-electron chi connectivity index (χ0n) is 13.0. The Kier molecular flexibility index (Phi) is 4.16. The number of benzene rings is 1. The third-order valence-electron chi connectivity index (χ3n) is 5.63. The molecule has 1 nitrogen and oxygen atoms in total. The first kappa shape index (κ1) is 14.1. The first-order valence-corrected chi connectivity index (χ1v) is 8.46. The molecule has 2 bridgehead atoms. The van der Waals surface area contributed by atoms with Gasteiger partial charge in [0.15, 0.2) is 0 Å². The lowest BCUT2D eigenvalue weighted by molar-refractivity contribution is 0.294. The topological polar surface area (TPSA) is 26.0 Å². The predicted molar refractivity (Wildman–Crippen MR) is 85.8 cm³/mol. The highest BCUT2D eigenvalue weighted by molar-refractivity contribution is 5.25. The van der Waals surface area contributed by atoms with E-state index in [1.54, 1.807) is 0 Å². The molecule has 2 aliphatic carbocycles. The molecule has 0 aromatic heterocycles. The van der Waals surface area contributed by atoms with E-state index in [2.05, 4.69) is 38.1 Å². The van der Waals surface area contributed by atoms with Crippen LogP contribution >= 0.6 is 0 Å². The van der Waals surface area contributed by atoms with E-state index in [4.69, 9.17) is 5.73 Å². The Morgan fingerprint density at radius 3 is 2.40 bits per heavy atom. The van der Waals surface area contributed by atoms with Gasteiger partial charge < -0.3 is 5.73 Å². The predicted octanol–water partition coefficient (Wildman–Crippen LogP) is 4.51. The minimum absolute atomic E-state index is 0.351. The van der Waals surface area contributed by atoms with E-state index in [0.29, 0.717) is 12.0 Å². The van der Waals surface area contributed by atoms with Crippen LogP contribution in [0.2, 0.25) is 0 Å². The Labute approximate surface area is 124 Å².